The van der Waals surface area contributed by atoms with Crippen molar-refractivity contribution in [3.05, 3.63) is 34.3 Å². The Labute approximate surface area is 138 Å². The molecular formula is C18H30BrNO. The van der Waals surface area contributed by atoms with E-state index >= 15 is 0 Å². The molecule has 21 heavy (non-hydrogen) atoms. The Bertz CT molecular complexity index is 400. The van der Waals surface area contributed by atoms with Crippen molar-refractivity contribution < 1.29 is 4.74 Å². The number of benzene rings is 1. The lowest BCUT2D eigenvalue weighted by atomic mass is 9.90. The first-order chi connectivity index (χ1) is 9.82. The highest BCUT2D eigenvalue weighted by Crippen LogP contribution is 2.22. The van der Waals surface area contributed by atoms with Gasteiger partial charge in [0.05, 0.1) is 5.60 Å². The van der Waals surface area contributed by atoms with Gasteiger partial charge in [-0.25, -0.2) is 0 Å². The van der Waals surface area contributed by atoms with Crippen LogP contribution >= 0.6 is 15.9 Å². The summed E-state index contributed by atoms with van der Waals surface area (Å²) in [7, 11) is 1.80. The lowest BCUT2D eigenvalue weighted by Crippen LogP contribution is -2.32. The summed E-state index contributed by atoms with van der Waals surface area (Å²) in [6.45, 7) is 9.80. The number of nitrogens with one attached hydrogen (secondary N) is 1. The van der Waals surface area contributed by atoms with Crippen molar-refractivity contribution in [1.29, 1.82) is 0 Å². The molecule has 0 saturated carbocycles. The van der Waals surface area contributed by atoms with E-state index in [0.29, 0.717) is 12.0 Å². The molecule has 1 unspecified atom stereocenters. The van der Waals surface area contributed by atoms with Crippen LogP contribution in [-0.4, -0.2) is 25.3 Å². The molecule has 0 aliphatic carbocycles. The summed E-state index contributed by atoms with van der Waals surface area (Å²) >= 11 is 3.50. The molecule has 0 saturated heterocycles. The second kappa shape index (κ2) is 8.92. The van der Waals surface area contributed by atoms with Crippen molar-refractivity contribution in [3.8, 4) is 0 Å². The van der Waals surface area contributed by atoms with E-state index in [0.717, 1.165) is 23.9 Å². The van der Waals surface area contributed by atoms with Gasteiger partial charge in [0.2, 0.25) is 0 Å². The number of rotatable bonds is 9. The molecule has 1 N–H and O–H groups in total. The molecule has 0 fully saturated rings. The van der Waals surface area contributed by atoms with Gasteiger partial charge >= 0.3 is 0 Å². The highest BCUT2D eigenvalue weighted by Gasteiger charge is 2.19. The van der Waals surface area contributed by atoms with Crippen LogP contribution in [0.25, 0.3) is 0 Å². The molecule has 0 heterocycles. The van der Waals surface area contributed by atoms with Crippen molar-refractivity contribution >= 4 is 15.9 Å². The van der Waals surface area contributed by atoms with Gasteiger partial charge in [0.1, 0.15) is 0 Å². The minimum Gasteiger partial charge on any atom is -0.379 e. The molecule has 0 radical (unpaired) electrons. The van der Waals surface area contributed by atoms with E-state index < -0.39 is 0 Å². The summed E-state index contributed by atoms with van der Waals surface area (Å²) in [6, 6.07) is 9.22. The molecule has 1 rings (SSSR count). The summed E-state index contributed by atoms with van der Waals surface area (Å²) in [5.74, 6) is 0.642. The van der Waals surface area contributed by atoms with Crippen molar-refractivity contribution in [3.63, 3.8) is 0 Å². The second-order valence-corrected chi connectivity index (χ2v) is 7.68. The van der Waals surface area contributed by atoms with Gasteiger partial charge in [-0.2, -0.15) is 0 Å². The van der Waals surface area contributed by atoms with Crippen LogP contribution in [0.15, 0.2) is 28.7 Å². The largest absolute Gasteiger partial charge is 0.379 e. The number of ether oxygens (including phenoxy) is 1. The van der Waals surface area contributed by atoms with Gasteiger partial charge in [-0.1, -0.05) is 41.9 Å². The Morgan fingerprint density at radius 2 is 1.81 bits per heavy atom. The smallest absolute Gasteiger partial charge is 0.0622 e. The first-order valence-electron chi connectivity index (χ1n) is 7.85. The third-order valence-corrected chi connectivity index (χ3v) is 4.49. The fourth-order valence-corrected chi connectivity index (χ4v) is 2.55. The van der Waals surface area contributed by atoms with Crippen LogP contribution in [0.2, 0.25) is 0 Å². The molecule has 1 atom stereocenters. The van der Waals surface area contributed by atoms with E-state index in [1.807, 2.05) is 0 Å². The minimum atomic E-state index is -0.0319. The van der Waals surface area contributed by atoms with E-state index in [1.165, 1.54) is 12.0 Å². The number of hydrogen-bond acceptors (Lipinski definition) is 2. The maximum absolute atomic E-state index is 5.55. The summed E-state index contributed by atoms with van der Waals surface area (Å²) in [5.41, 5.74) is 1.37. The van der Waals surface area contributed by atoms with Crippen LogP contribution in [0.3, 0.4) is 0 Å². The molecule has 3 heteroatoms. The zero-order valence-corrected chi connectivity index (χ0v) is 15.7. The van der Waals surface area contributed by atoms with Gasteiger partial charge in [-0.15, -0.1) is 0 Å². The fourth-order valence-electron chi connectivity index (χ4n) is 2.29. The first kappa shape index (κ1) is 18.7. The summed E-state index contributed by atoms with van der Waals surface area (Å²) in [5, 5.41) is 3.58. The highest BCUT2D eigenvalue weighted by molar-refractivity contribution is 9.10. The molecule has 0 spiro atoms. The van der Waals surface area contributed by atoms with Crippen LogP contribution < -0.4 is 5.32 Å². The quantitative estimate of drug-likeness (QED) is 0.686. The molecule has 0 aliphatic heterocycles. The van der Waals surface area contributed by atoms with Crippen molar-refractivity contribution in [2.24, 2.45) is 5.92 Å². The third kappa shape index (κ3) is 7.98. The molecule has 0 aliphatic rings. The Hall–Kier alpha value is -0.380. The van der Waals surface area contributed by atoms with E-state index in [1.54, 1.807) is 7.11 Å². The Morgan fingerprint density at radius 3 is 2.33 bits per heavy atom. The van der Waals surface area contributed by atoms with Crippen LogP contribution in [0.1, 0.15) is 46.1 Å². The molecule has 1 aromatic rings. The van der Waals surface area contributed by atoms with E-state index in [4.69, 9.17) is 4.74 Å². The predicted octanol–water partition coefficient (Wildman–Crippen LogP) is 4.81. The maximum atomic E-state index is 5.55. The lowest BCUT2D eigenvalue weighted by Gasteiger charge is -2.26. The average Bonchev–Trinajstić information content (AvgIpc) is 2.44. The molecule has 2 nitrogen and oxygen atoms in total. The van der Waals surface area contributed by atoms with Gasteiger partial charge < -0.3 is 10.1 Å². The molecule has 0 amide bonds. The zero-order chi connectivity index (χ0) is 15.9. The Morgan fingerprint density at radius 1 is 1.19 bits per heavy atom. The monoisotopic (exact) mass is 355 g/mol. The Kier molecular flexibility index (Phi) is 7.93. The van der Waals surface area contributed by atoms with Gasteiger partial charge in [0.15, 0.2) is 0 Å². The first-order valence-corrected chi connectivity index (χ1v) is 8.64. The van der Waals surface area contributed by atoms with Gasteiger partial charge in [0, 0.05) is 17.6 Å². The molecule has 0 aromatic heterocycles. The number of methoxy groups -OCH3 is 1. The van der Waals surface area contributed by atoms with E-state index in [2.05, 4.69) is 73.2 Å². The fraction of sp³-hybridized carbons (Fsp3) is 0.667. The average molecular weight is 356 g/mol. The van der Waals surface area contributed by atoms with Crippen LogP contribution in [0, 0.1) is 5.92 Å². The van der Waals surface area contributed by atoms with Crippen molar-refractivity contribution in [2.45, 2.75) is 58.6 Å². The molecule has 0 bridgehead atoms. The predicted molar refractivity (Wildman–Crippen MR) is 94.8 cm³/mol. The van der Waals surface area contributed by atoms with Crippen molar-refractivity contribution in [1.82, 2.24) is 5.32 Å². The SMILES string of the molecule is COC(C)(C)CCC(CNC(C)C)Cc1ccc(Br)cc1. The standard InChI is InChI=1S/C18H30BrNO/c1-14(2)20-13-16(10-11-18(3,4)21-5)12-15-6-8-17(19)9-7-15/h6-9,14,16,20H,10-13H2,1-5H3. The van der Waals surface area contributed by atoms with E-state index in [9.17, 15) is 0 Å². The van der Waals surface area contributed by atoms with Crippen LogP contribution in [-0.2, 0) is 11.2 Å². The Balaban J connectivity index is 2.60. The summed E-state index contributed by atoms with van der Waals surface area (Å²) in [4.78, 5) is 0. The maximum Gasteiger partial charge on any atom is 0.0622 e. The zero-order valence-electron chi connectivity index (χ0n) is 14.1. The van der Waals surface area contributed by atoms with Gasteiger partial charge in [0.25, 0.3) is 0 Å². The van der Waals surface area contributed by atoms with Gasteiger partial charge in [-0.3, -0.25) is 0 Å². The number of hydrogen-bond donors (Lipinski definition) is 1. The van der Waals surface area contributed by atoms with Gasteiger partial charge in [-0.05, 0) is 63.3 Å². The molecular weight excluding hydrogens is 326 g/mol. The van der Waals surface area contributed by atoms with Crippen LogP contribution in [0.5, 0.6) is 0 Å². The normalized spacial score (nSPS) is 13.7. The number of halogens is 1. The lowest BCUT2D eigenvalue weighted by molar-refractivity contribution is 0.0103. The summed E-state index contributed by atoms with van der Waals surface area (Å²) in [6.07, 6.45) is 3.38. The van der Waals surface area contributed by atoms with Crippen molar-refractivity contribution in [2.75, 3.05) is 13.7 Å². The topological polar surface area (TPSA) is 21.3 Å². The third-order valence-electron chi connectivity index (χ3n) is 3.96. The van der Waals surface area contributed by atoms with Crippen LogP contribution in [0.4, 0.5) is 0 Å². The second-order valence-electron chi connectivity index (χ2n) is 6.76. The van der Waals surface area contributed by atoms with E-state index in [-0.39, 0.29) is 5.60 Å². The minimum absolute atomic E-state index is 0.0319. The highest BCUT2D eigenvalue weighted by atomic mass is 79.9. The molecule has 1 aromatic carbocycles. The summed E-state index contributed by atoms with van der Waals surface area (Å²) < 4.78 is 6.70. The molecule has 120 valence electrons.